The second kappa shape index (κ2) is 6.33. The number of rotatable bonds is 4. The zero-order valence-corrected chi connectivity index (χ0v) is 11.1. The molecule has 0 N–H and O–H groups in total. The molecule has 1 saturated heterocycles. The molecule has 0 bridgehead atoms. The van der Waals surface area contributed by atoms with Crippen molar-refractivity contribution in [2.45, 2.75) is 6.54 Å². The van der Waals surface area contributed by atoms with E-state index in [4.69, 9.17) is 0 Å². The normalized spacial score (nSPS) is 18.8. The molecule has 1 fully saturated rings. The molecule has 0 spiro atoms. The highest BCUT2D eigenvalue weighted by molar-refractivity contribution is 9.09. The number of nitrogens with zero attached hydrogens (tertiary/aromatic N) is 3. The predicted octanol–water partition coefficient (Wildman–Crippen LogP) is 1.59. The van der Waals surface area contributed by atoms with Crippen LogP contribution in [0, 0.1) is 0 Å². The van der Waals surface area contributed by atoms with Crippen LogP contribution >= 0.6 is 15.9 Å². The van der Waals surface area contributed by atoms with Crippen molar-refractivity contribution < 1.29 is 0 Å². The fourth-order valence-corrected chi connectivity index (χ4v) is 2.51. The van der Waals surface area contributed by atoms with E-state index in [9.17, 15) is 0 Å². The smallest absolute Gasteiger partial charge is 0.0543 e. The third kappa shape index (κ3) is 3.54. The minimum absolute atomic E-state index is 0.989. The molecule has 0 radical (unpaired) electrons. The SMILES string of the molecule is BrCCN1CCN(Cc2ccccn2)CC1. The number of alkyl halides is 1. The molecule has 0 saturated carbocycles. The number of pyridine rings is 1. The van der Waals surface area contributed by atoms with E-state index in [1.807, 2.05) is 12.3 Å². The minimum atomic E-state index is 0.989. The first-order valence-corrected chi connectivity index (χ1v) is 6.91. The lowest BCUT2D eigenvalue weighted by molar-refractivity contribution is 0.132. The number of halogens is 1. The second-order valence-corrected chi connectivity index (χ2v) is 4.92. The van der Waals surface area contributed by atoms with E-state index in [0.717, 1.165) is 31.5 Å². The molecule has 0 unspecified atom stereocenters. The first kappa shape index (κ1) is 12.0. The summed E-state index contributed by atoms with van der Waals surface area (Å²) < 4.78 is 0. The number of hydrogen-bond donors (Lipinski definition) is 0. The maximum Gasteiger partial charge on any atom is 0.0543 e. The number of piperazine rings is 1. The summed E-state index contributed by atoms with van der Waals surface area (Å²) in [7, 11) is 0. The molecular formula is C12H18BrN3. The van der Waals surface area contributed by atoms with Gasteiger partial charge in [0, 0.05) is 50.8 Å². The molecule has 0 aliphatic carbocycles. The Balaban J connectivity index is 1.77. The zero-order valence-electron chi connectivity index (χ0n) is 9.48. The van der Waals surface area contributed by atoms with Gasteiger partial charge in [-0.15, -0.1) is 0 Å². The highest BCUT2D eigenvalue weighted by Gasteiger charge is 2.16. The van der Waals surface area contributed by atoms with Crippen LogP contribution in [-0.2, 0) is 6.54 Å². The van der Waals surface area contributed by atoms with E-state index in [0.29, 0.717) is 0 Å². The maximum atomic E-state index is 4.37. The zero-order chi connectivity index (χ0) is 11.2. The van der Waals surface area contributed by atoms with Crippen LogP contribution in [-0.4, -0.2) is 52.8 Å². The van der Waals surface area contributed by atoms with Crippen LogP contribution < -0.4 is 0 Å². The number of hydrogen-bond acceptors (Lipinski definition) is 3. The topological polar surface area (TPSA) is 19.4 Å². The Morgan fingerprint density at radius 1 is 1.12 bits per heavy atom. The Morgan fingerprint density at radius 2 is 1.88 bits per heavy atom. The third-order valence-corrected chi connectivity index (χ3v) is 3.33. The second-order valence-electron chi connectivity index (χ2n) is 4.13. The lowest BCUT2D eigenvalue weighted by Crippen LogP contribution is -2.46. The van der Waals surface area contributed by atoms with E-state index in [-0.39, 0.29) is 0 Å². The molecule has 1 aromatic rings. The van der Waals surface area contributed by atoms with Gasteiger partial charge in [0.2, 0.25) is 0 Å². The monoisotopic (exact) mass is 283 g/mol. The summed E-state index contributed by atoms with van der Waals surface area (Å²) in [5.41, 5.74) is 1.18. The van der Waals surface area contributed by atoms with Crippen molar-refractivity contribution in [2.75, 3.05) is 38.1 Å². The van der Waals surface area contributed by atoms with Crippen LogP contribution in [0.3, 0.4) is 0 Å². The minimum Gasteiger partial charge on any atom is -0.300 e. The molecule has 1 aromatic heterocycles. The summed E-state index contributed by atoms with van der Waals surface area (Å²) in [6.07, 6.45) is 1.87. The van der Waals surface area contributed by atoms with E-state index in [2.05, 4.69) is 42.8 Å². The van der Waals surface area contributed by atoms with Crippen molar-refractivity contribution in [3.05, 3.63) is 30.1 Å². The quantitative estimate of drug-likeness (QED) is 0.783. The van der Waals surface area contributed by atoms with E-state index in [1.165, 1.54) is 18.8 Å². The fraction of sp³-hybridized carbons (Fsp3) is 0.583. The van der Waals surface area contributed by atoms with Gasteiger partial charge in [0.15, 0.2) is 0 Å². The van der Waals surface area contributed by atoms with Gasteiger partial charge in [0.1, 0.15) is 0 Å². The first-order valence-electron chi connectivity index (χ1n) is 5.79. The van der Waals surface area contributed by atoms with Gasteiger partial charge in [-0.3, -0.25) is 14.8 Å². The molecule has 3 nitrogen and oxygen atoms in total. The molecule has 2 heterocycles. The molecule has 0 aromatic carbocycles. The van der Waals surface area contributed by atoms with Crippen LogP contribution in [0.4, 0.5) is 0 Å². The summed E-state index contributed by atoms with van der Waals surface area (Å²) in [6, 6.07) is 6.13. The first-order chi connectivity index (χ1) is 7.88. The van der Waals surface area contributed by atoms with E-state index < -0.39 is 0 Å². The van der Waals surface area contributed by atoms with Crippen LogP contribution in [0.25, 0.3) is 0 Å². The molecule has 0 atom stereocenters. The Labute approximate surface area is 106 Å². The lowest BCUT2D eigenvalue weighted by Gasteiger charge is -2.34. The highest BCUT2D eigenvalue weighted by Crippen LogP contribution is 2.06. The van der Waals surface area contributed by atoms with Crippen LogP contribution in [0.1, 0.15) is 5.69 Å². The van der Waals surface area contributed by atoms with Crippen LogP contribution in [0.15, 0.2) is 24.4 Å². The van der Waals surface area contributed by atoms with Crippen molar-refractivity contribution in [3.8, 4) is 0 Å². The molecule has 2 rings (SSSR count). The van der Waals surface area contributed by atoms with Crippen molar-refractivity contribution in [2.24, 2.45) is 0 Å². The van der Waals surface area contributed by atoms with Gasteiger partial charge in [-0.1, -0.05) is 22.0 Å². The summed E-state index contributed by atoms with van der Waals surface area (Å²) in [4.78, 5) is 9.35. The lowest BCUT2D eigenvalue weighted by atomic mass is 10.2. The van der Waals surface area contributed by atoms with E-state index in [1.54, 1.807) is 0 Å². The largest absolute Gasteiger partial charge is 0.300 e. The predicted molar refractivity (Wildman–Crippen MR) is 69.7 cm³/mol. The molecule has 1 aliphatic heterocycles. The van der Waals surface area contributed by atoms with Crippen molar-refractivity contribution in [1.29, 1.82) is 0 Å². The average molecular weight is 284 g/mol. The van der Waals surface area contributed by atoms with Crippen LogP contribution in [0.5, 0.6) is 0 Å². The summed E-state index contributed by atoms with van der Waals surface area (Å²) in [6.45, 7) is 6.82. The van der Waals surface area contributed by atoms with Crippen LogP contribution in [0.2, 0.25) is 0 Å². The third-order valence-electron chi connectivity index (χ3n) is 2.98. The Bertz CT molecular complexity index is 296. The average Bonchev–Trinajstić information content (AvgIpc) is 2.33. The van der Waals surface area contributed by atoms with Crippen molar-refractivity contribution >= 4 is 15.9 Å². The fourth-order valence-electron chi connectivity index (χ4n) is 2.01. The Hall–Kier alpha value is -0.450. The standard InChI is InChI=1S/C12H18BrN3/c13-4-6-15-7-9-16(10-8-15)11-12-3-1-2-5-14-12/h1-3,5H,4,6-11H2. The molecule has 16 heavy (non-hydrogen) atoms. The molecule has 4 heteroatoms. The van der Waals surface area contributed by atoms with Gasteiger partial charge in [-0.2, -0.15) is 0 Å². The molecular weight excluding hydrogens is 266 g/mol. The molecule has 0 amide bonds. The van der Waals surface area contributed by atoms with Gasteiger partial charge in [0.25, 0.3) is 0 Å². The Kier molecular flexibility index (Phi) is 4.75. The summed E-state index contributed by atoms with van der Waals surface area (Å²) in [5, 5.41) is 1.08. The molecule has 1 aliphatic rings. The number of aromatic nitrogens is 1. The molecule has 88 valence electrons. The Morgan fingerprint density at radius 3 is 2.50 bits per heavy atom. The highest BCUT2D eigenvalue weighted by atomic mass is 79.9. The van der Waals surface area contributed by atoms with Gasteiger partial charge in [0.05, 0.1) is 5.69 Å². The van der Waals surface area contributed by atoms with Crippen molar-refractivity contribution in [3.63, 3.8) is 0 Å². The van der Waals surface area contributed by atoms with Gasteiger partial charge < -0.3 is 0 Å². The van der Waals surface area contributed by atoms with Crippen molar-refractivity contribution in [1.82, 2.24) is 14.8 Å². The summed E-state index contributed by atoms with van der Waals surface area (Å²) in [5.74, 6) is 0. The summed E-state index contributed by atoms with van der Waals surface area (Å²) >= 11 is 3.49. The van der Waals surface area contributed by atoms with Gasteiger partial charge in [-0.05, 0) is 12.1 Å². The van der Waals surface area contributed by atoms with Gasteiger partial charge in [-0.25, -0.2) is 0 Å². The van der Waals surface area contributed by atoms with E-state index >= 15 is 0 Å². The maximum absolute atomic E-state index is 4.37. The van der Waals surface area contributed by atoms with Gasteiger partial charge >= 0.3 is 0 Å².